The average molecular weight is 434 g/mol. The maximum Gasteiger partial charge on any atom is 0.146 e. The highest BCUT2D eigenvalue weighted by Gasteiger charge is 2.46. The van der Waals surface area contributed by atoms with Crippen LogP contribution in [0.25, 0.3) is 0 Å². The third-order valence-electron chi connectivity index (χ3n) is 7.56. The zero-order valence-corrected chi connectivity index (χ0v) is 18.9. The molecule has 2 heterocycles. The molecule has 2 aliphatic heterocycles. The lowest BCUT2D eigenvalue weighted by molar-refractivity contribution is -0.0920. The first-order valence-electron chi connectivity index (χ1n) is 12.1. The Labute approximate surface area is 186 Å². The van der Waals surface area contributed by atoms with Gasteiger partial charge < -0.3 is 10.6 Å². The highest BCUT2D eigenvalue weighted by atomic mass is 19.1. The number of halogens is 1. The van der Waals surface area contributed by atoms with Crippen LogP contribution in [-0.4, -0.2) is 65.3 Å². The summed E-state index contributed by atoms with van der Waals surface area (Å²) in [6.45, 7) is 5.10. The second-order valence-electron chi connectivity index (χ2n) is 9.31. The topological polar surface area (TPSA) is 91.0 Å². The summed E-state index contributed by atoms with van der Waals surface area (Å²) >= 11 is 0. The number of benzene rings is 1. The van der Waals surface area contributed by atoms with Crippen molar-refractivity contribution in [2.24, 2.45) is 17.2 Å². The minimum atomic E-state index is -0.580. The molecule has 0 spiro atoms. The first-order chi connectivity index (χ1) is 15.0. The van der Waals surface area contributed by atoms with Gasteiger partial charge in [-0.1, -0.05) is 44.7 Å². The molecule has 174 valence electrons. The molecule has 4 unspecified atom stereocenters. The predicted octanol–water partition coefficient (Wildman–Crippen LogP) is 2.18. The van der Waals surface area contributed by atoms with Gasteiger partial charge in [-0.2, -0.15) is 0 Å². The van der Waals surface area contributed by atoms with Crippen LogP contribution in [0.4, 0.5) is 10.1 Å². The minimum absolute atomic E-state index is 0.280. The van der Waals surface area contributed by atoms with Gasteiger partial charge in [-0.3, -0.25) is 16.4 Å². The summed E-state index contributed by atoms with van der Waals surface area (Å²) in [5.74, 6) is -0.305. The highest BCUT2D eigenvalue weighted by molar-refractivity contribution is 5.49. The van der Waals surface area contributed by atoms with E-state index in [-0.39, 0.29) is 18.1 Å². The maximum absolute atomic E-state index is 14.9. The molecule has 2 saturated heterocycles. The van der Waals surface area contributed by atoms with Gasteiger partial charge in [0, 0.05) is 18.6 Å². The highest BCUT2D eigenvalue weighted by Crippen LogP contribution is 2.33. The molecule has 4 rings (SSSR count). The van der Waals surface area contributed by atoms with Crippen molar-refractivity contribution in [1.82, 2.24) is 14.7 Å². The Morgan fingerprint density at radius 1 is 0.903 bits per heavy atom. The van der Waals surface area contributed by atoms with Crippen LogP contribution in [0.5, 0.6) is 0 Å². The van der Waals surface area contributed by atoms with Gasteiger partial charge in [0.25, 0.3) is 0 Å². The number of likely N-dealkylation sites (N-methyl/N-ethyl adjacent to an activating group) is 1. The SMILES string of the molecule is CCN1CCCC1CN1C(N)N(c2ccccc2F)C(N)N(C2CCCCCC2)C1N. The summed E-state index contributed by atoms with van der Waals surface area (Å²) in [6.07, 6.45) is 7.81. The van der Waals surface area contributed by atoms with Crippen molar-refractivity contribution < 1.29 is 4.39 Å². The molecule has 4 atom stereocenters. The second kappa shape index (κ2) is 10.1. The molecule has 1 aromatic rings. The molecule has 0 bridgehead atoms. The van der Waals surface area contributed by atoms with Crippen molar-refractivity contribution >= 4 is 5.69 Å². The summed E-state index contributed by atoms with van der Waals surface area (Å²) in [5, 5.41) is 0. The van der Waals surface area contributed by atoms with Crippen LogP contribution in [-0.2, 0) is 0 Å². The molecule has 7 nitrogen and oxygen atoms in total. The fourth-order valence-electron chi connectivity index (χ4n) is 5.86. The summed E-state index contributed by atoms with van der Waals surface area (Å²) in [4.78, 5) is 8.66. The number of hydrogen-bond acceptors (Lipinski definition) is 7. The van der Waals surface area contributed by atoms with Gasteiger partial charge in [0.1, 0.15) is 24.7 Å². The molecule has 1 aliphatic carbocycles. The Morgan fingerprint density at radius 2 is 1.61 bits per heavy atom. The summed E-state index contributed by atoms with van der Waals surface area (Å²) in [6, 6.07) is 7.47. The second-order valence-corrected chi connectivity index (χ2v) is 9.31. The van der Waals surface area contributed by atoms with Crippen LogP contribution in [0.1, 0.15) is 58.3 Å². The number of hydrogen-bond donors (Lipinski definition) is 3. The van der Waals surface area contributed by atoms with Crippen LogP contribution in [0.2, 0.25) is 0 Å². The van der Waals surface area contributed by atoms with Crippen LogP contribution in [0, 0.1) is 5.82 Å². The van der Waals surface area contributed by atoms with Gasteiger partial charge in [-0.15, -0.1) is 0 Å². The van der Waals surface area contributed by atoms with Crippen molar-refractivity contribution in [3.05, 3.63) is 30.1 Å². The summed E-state index contributed by atoms with van der Waals surface area (Å²) in [5.41, 5.74) is 20.9. The smallest absolute Gasteiger partial charge is 0.146 e. The third-order valence-corrected chi connectivity index (χ3v) is 7.56. The zero-order chi connectivity index (χ0) is 22.0. The van der Waals surface area contributed by atoms with Gasteiger partial charge in [-0.05, 0) is 50.9 Å². The average Bonchev–Trinajstić information content (AvgIpc) is 3.05. The van der Waals surface area contributed by atoms with Crippen molar-refractivity contribution in [1.29, 1.82) is 0 Å². The van der Waals surface area contributed by atoms with Crippen LogP contribution >= 0.6 is 0 Å². The number of nitrogens with zero attached hydrogens (tertiary/aromatic N) is 4. The minimum Gasteiger partial charge on any atom is -0.312 e. The molecule has 6 N–H and O–H groups in total. The van der Waals surface area contributed by atoms with Crippen LogP contribution < -0.4 is 22.1 Å². The van der Waals surface area contributed by atoms with E-state index in [9.17, 15) is 4.39 Å². The maximum atomic E-state index is 14.9. The Balaban J connectivity index is 1.67. The molecule has 3 aliphatic rings. The molecular weight excluding hydrogens is 393 g/mol. The number of anilines is 1. The number of likely N-dealkylation sites (tertiary alicyclic amines) is 1. The third kappa shape index (κ3) is 4.60. The van der Waals surface area contributed by atoms with Gasteiger partial charge in [0.15, 0.2) is 0 Å². The molecule has 1 saturated carbocycles. The van der Waals surface area contributed by atoms with Crippen molar-refractivity contribution in [3.8, 4) is 0 Å². The van der Waals surface area contributed by atoms with Crippen molar-refractivity contribution in [2.75, 3.05) is 24.5 Å². The molecule has 3 fully saturated rings. The Hall–Kier alpha value is -1.29. The van der Waals surface area contributed by atoms with Gasteiger partial charge >= 0.3 is 0 Å². The van der Waals surface area contributed by atoms with E-state index in [1.165, 1.54) is 38.2 Å². The predicted molar refractivity (Wildman–Crippen MR) is 123 cm³/mol. The fraction of sp³-hybridized carbons (Fsp3) is 0.739. The van der Waals surface area contributed by atoms with Gasteiger partial charge in [0.2, 0.25) is 0 Å². The first kappa shape index (κ1) is 22.9. The summed E-state index contributed by atoms with van der Waals surface area (Å²) in [7, 11) is 0. The Morgan fingerprint density at radius 3 is 2.29 bits per heavy atom. The van der Waals surface area contributed by atoms with Crippen molar-refractivity contribution in [3.63, 3.8) is 0 Å². The molecular formula is C23H40FN7. The number of para-hydroxylation sites is 1. The lowest BCUT2D eigenvalue weighted by atomic mass is 10.1. The van der Waals surface area contributed by atoms with E-state index in [1.807, 2.05) is 11.0 Å². The lowest BCUT2D eigenvalue weighted by Crippen LogP contribution is -2.80. The van der Waals surface area contributed by atoms with Gasteiger partial charge in [-0.25, -0.2) is 14.2 Å². The summed E-state index contributed by atoms with van der Waals surface area (Å²) < 4.78 is 14.9. The van der Waals surface area contributed by atoms with Crippen LogP contribution in [0.3, 0.4) is 0 Å². The van der Waals surface area contributed by atoms with Crippen molar-refractivity contribution in [2.45, 2.75) is 89.2 Å². The normalized spacial score (nSPS) is 32.5. The quantitative estimate of drug-likeness (QED) is 0.613. The Bertz CT molecular complexity index is 711. The zero-order valence-electron chi connectivity index (χ0n) is 18.9. The lowest BCUT2D eigenvalue weighted by Gasteiger charge is -2.57. The first-order valence-corrected chi connectivity index (χ1v) is 12.1. The van der Waals surface area contributed by atoms with E-state index in [0.717, 1.165) is 38.9 Å². The molecule has 1 aromatic carbocycles. The van der Waals surface area contributed by atoms with E-state index in [4.69, 9.17) is 17.2 Å². The largest absolute Gasteiger partial charge is 0.312 e. The molecule has 0 radical (unpaired) electrons. The van der Waals surface area contributed by atoms with E-state index >= 15 is 0 Å². The van der Waals surface area contributed by atoms with Crippen LogP contribution in [0.15, 0.2) is 24.3 Å². The fourth-order valence-corrected chi connectivity index (χ4v) is 5.86. The Kier molecular flexibility index (Phi) is 7.46. The molecule has 0 amide bonds. The van der Waals surface area contributed by atoms with E-state index < -0.39 is 12.6 Å². The monoisotopic (exact) mass is 433 g/mol. The van der Waals surface area contributed by atoms with E-state index in [0.29, 0.717) is 11.7 Å². The molecule has 8 heteroatoms. The van der Waals surface area contributed by atoms with E-state index in [2.05, 4.69) is 21.6 Å². The molecule has 0 aromatic heterocycles. The number of nitrogens with two attached hydrogens (primary N) is 3. The van der Waals surface area contributed by atoms with Gasteiger partial charge in [0.05, 0.1) is 5.69 Å². The van der Waals surface area contributed by atoms with E-state index in [1.54, 1.807) is 12.1 Å². The number of rotatable bonds is 5. The standard InChI is InChI=1S/C23H40FN7/c1-2-28-15-9-12-18(28)16-29-21(25)30(17-10-5-3-4-6-11-17)23(27)31(22(29)26)20-14-8-7-13-19(20)24/h7-8,13-14,17-18,21-23H,2-6,9-12,15-16,25-27H2,1H3. The molecule has 31 heavy (non-hydrogen) atoms.